The molecular weight excluding hydrogens is 574 g/mol. The Morgan fingerprint density at radius 3 is 2.72 bits per heavy atom. The average Bonchev–Trinajstić information content (AvgIpc) is 3.72. The smallest absolute Gasteiger partial charge is 0.251 e. The third-order valence-corrected chi connectivity index (χ3v) is 9.79. The van der Waals surface area contributed by atoms with E-state index in [1.54, 1.807) is 7.05 Å². The van der Waals surface area contributed by atoms with Crippen molar-refractivity contribution in [2.45, 2.75) is 102 Å². The third-order valence-electron chi connectivity index (χ3n) is 9.79. The first-order chi connectivity index (χ1) is 22.1. The van der Waals surface area contributed by atoms with Gasteiger partial charge >= 0.3 is 0 Å². The Labute approximate surface area is 275 Å². The van der Waals surface area contributed by atoms with Crippen LogP contribution < -0.4 is 16.0 Å². The van der Waals surface area contributed by atoms with Crippen molar-refractivity contribution >= 4 is 5.91 Å². The van der Waals surface area contributed by atoms with Crippen LogP contribution >= 0.6 is 0 Å². The number of fused-ring (bicyclic) bond motifs is 1. The molecule has 9 nitrogen and oxygen atoms in total. The molecule has 1 saturated heterocycles. The van der Waals surface area contributed by atoms with E-state index >= 15 is 0 Å². The highest BCUT2D eigenvalue weighted by atomic mass is 16.4. The summed E-state index contributed by atoms with van der Waals surface area (Å²) in [7, 11) is 3.65. The Hall–Kier alpha value is -3.74. The Kier molecular flexibility index (Phi) is 12.4. The molecule has 2 aliphatic rings. The quantitative estimate of drug-likeness (QED) is 0.165. The molecule has 248 valence electrons. The molecule has 3 atom stereocenters. The van der Waals surface area contributed by atoms with E-state index in [0.717, 1.165) is 87.7 Å². The van der Waals surface area contributed by atoms with E-state index in [-0.39, 0.29) is 18.0 Å². The van der Waals surface area contributed by atoms with Gasteiger partial charge in [-0.25, -0.2) is 0 Å². The number of nitriles is 1. The summed E-state index contributed by atoms with van der Waals surface area (Å²) in [4.78, 5) is 14.8. The molecule has 0 saturated carbocycles. The van der Waals surface area contributed by atoms with Gasteiger partial charge in [0.1, 0.15) is 6.04 Å². The van der Waals surface area contributed by atoms with Gasteiger partial charge in [-0.05, 0) is 115 Å². The highest BCUT2D eigenvalue weighted by Crippen LogP contribution is 2.47. The summed E-state index contributed by atoms with van der Waals surface area (Å²) in [6.45, 7) is 17.5. The lowest BCUT2D eigenvalue weighted by Gasteiger charge is -2.38. The van der Waals surface area contributed by atoms with Gasteiger partial charge in [0.2, 0.25) is 11.8 Å². The molecule has 0 radical (unpaired) electrons. The van der Waals surface area contributed by atoms with E-state index < -0.39 is 5.41 Å². The van der Waals surface area contributed by atoms with E-state index in [0.29, 0.717) is 30.3 Å². The summed E-state index contributed by atoms with van der Waals surface area (Å²) in [5, 5.41) is 28.4. The summed E-state index contributed by atoms with van der Waals surface area (Å²) in [5.41, 5.74) is 7.33. The molecule has 0 bridgehead atoms. The Morgan fingerprint density at radius 2 is 2.02 bits per heavy atom. The highest BCUT2D eigenvalue weighted by molar-refractivity contribution is 5.94. The van der Waals surface area contributed by atoms with Gasteiger partial charge in [-0.2, -0.15) is 5.26 Å². The number of likely N-dealkylation sites (tertiary alicyclic amines) is 1. The molecule has 2 unspecified atom stereocenters. The third kappa shape index (κ3) is 8.34. The largest absolute Gasteiger partial charge is 0.425 e. The van der Waals surface area contributed by atoms with Crippen LogP contribution in [0, 0.1) is 18.3 Å². The number of rotatable bonds is 15. The minimum Gasteiger partial charge on any atom is -0.425 e. The standard InChI is InChI=1S/C37H53N7O2/c1-25(10-8-18-39-6)12-14-32-22-37(36-43-42-29(5)46-36,21-27(3)41-24-28(4)44-19-9-11-33(44)23-38)34-17-16-31(35(45)40-7)20-30(34)15-13-26(32)2/h16-17,20,27,33,39,41H,1,4,8-15,18-19,21-22,24H2,2-3,5-7H3,(H,40,45)/b32-26-/t27-,33?,37?/m1/s1. The normalized spacial score (nSPS) is 22.0. The molecule has 1 aliphatic heterocycles. The predicted molar refractivity (Wildman–Crippen MR) is 183 cm³/mol. The van der Waals surface area contributed by atoms with E-state index in [4.69, 9.17) is 4.42 Å². The van der Waals surface area contributed by atoms with Gasteiger partial charge in [-0.15, -0.1) is 10.2 Å². The zero-order valence-electron chi connectivity index (χ0n) is 28.6. The molecule has 46 heavy (non-hydrogen) atoms. The fraction of sp³-hybridized carbons (Fsp3) is 0.568. The van der Waals surface area contributed by atoms with Crippen LogP contribution in [-0.2, 0) is 11.8 Å². The van der Waals surface area contributed by atoms with Gasteiger partial charge in [0.15, 0.2) is 0 Å². The SMILES string of the molecule is C=C(CCCNC)CC/C1=C(\C)CCc2cc(C(=O)NC)ccc2C(C[C@@H](C)NCC(=C)N2CCCC2C#N)(c2nnc(C)o2)C1. The summed E-state index contributed by atoms with van der Waals surface area (Å²) in [5.74, 6) is 1.04. The van der Waals surface area contributed by atoms with Crippen molar-refractivity contribution in [2.24, 2.45) is 0 Å². The van der Waals surface area contributed by atoms with Gasteiger partial charge < -0.3 is 25.3 Å². The van der Waals surface area contributed by atoms with Gasteiger partial charge in [-0.1, -0.05) is 35.9 Å². The van der Waals surface area contributed by atoms with Crippen molar-refractivity contribution in [3.05, 3.63) is 82.2 Å². The van der Waals surface area contributed by atoms with Crippen LogP contribution in [0.3, 0.4) is 0 Å². The van der Waals surface area contributed by atoms with E-state index in [2.05, 4.69) is 70.2 Å². The first-order valence-corrected chi connectivity index (χ1v) is 16.8. The maximum Gasteiger partial charge on any atom is 0.251 e. The van der Waals surface area contributed by atoms with Crippen molar-refractivity contribution in [3.63, 3.8) is 0 Å². The zero-order valence-corrected chi connectivity index (χ0v) is 28.6. The molecule has 2 heterocycles. The average molecular weight is 628 g/mol. The maximum atomic E-state index is 12.7. The van der Waals surface area contributed by atoms with Crippen LogP contribution in [0.2, 0.25) is 0 Å². The van der Waals surface area contributed by atoms with E-state index in [9.17, 15) is 10.1 Å². The number of carbonyl (C=O) groups is 1. The first kappa shape index (κ1) is 35.1. The van der Waals surface area contributed by atoms with Crippen molar-refractivity contribution in [2.75, 3.05) is 33.7 Å². The lowest BCUT2D eigenvalue weighted by atomic mass is 9.66. The zero-order chi connectivity index (χ0) is 33.3. The number of nitrogens with one attached hydrogen (secondary N) is 3. The second-order valence-corrected chi connectivity index (χ2v) is 13.2. The van der Waals surface area contributed by atoms with Crippen LogP contribution in [0.4, 0.5) is 0 Å². The van der Waals surface area contributed by atoms with Crippen molar-refractivity contribution in [1.82, 2.24) is 31.0 Å². The molecule has 2 aromatic rings. The Morgan fingerprint density at radius 1 is 1.22 bits per heavy atom. The lowest BCUT2D eigenvalue weighted by molar-refractivity contribution is 0.0963. The van der Waals surface area contributed by atoms with E-state index in [1.165, 1.54) is 16.7 Å². The number of hydrogen-bond acceptors (Lipinski definition) is 8. The summed E-state index contributed by atoms with van der Waals surface area (Å²) in [6.07, 6.45) is 9.07. The molecule has 3 N–H and O–H groups in total. The molecule has 9 heteroatoms. The van der Waals surface area contributed by atoms with Crippen molar-refractivity contribution in [1.29, 1.82) is 5.26 Å². The number of aryl methyl sites for hydroxylation is 2. The van der Waals surface area contributed by atoms with Gasteiger partial charge in [-0.3, -0.25) is 4.79 Å². The Balaban J connectivity index is 1.71. The topological polar surface area (TPSA) is 119 Å². The van der Waals surface area contributed by atoms with Crippen molar-refractivity contribution < 1.29 is 9.21 Å². The molecule has 4 rings (SSSR count). The second kappa shape index (κ2) is 16.2. The fourth-order valence-corrected chi connectivity index (χ4v) is 7.15. The molecule has 1 aromatic carbocycles. The van der Waals surface area contributed by atoms with Crippen molar-refractivity contribution in [3.8, 4) is 6.07 Å². The summed E-state index contributed by atoms with van der Waals surface area (Å²) < 4.78 is 6.35. The monoisotopic (exact) mass is 627 g/mol. The molecule has 1 aromatic heterocycles. The summed E-state index contributed by atoms with van der Waals surface area (Å²) >= 11 is 0. The molecule has 1 aliphatic carbocycles. The minimum absolute atomic E-state index is 0.0519. The number of allylic oxidation sites excluding steroid dienone is 3. The number of amides is 1. The summed E-state index contributed by atoms with van der Waals surface area (Å²) in [6, 6.07) is 8.46. The lowest BCUT2D eigenvalue weighted by Crippen LogP contribution is -2.41. The highest BCUT2D eigenvalue weighted by Gasteiger charge is 2.44. The van der Waals surface area contributed by atoms with Gasteiger partial charge in [0.25, 0.3) is 5.91 Å². The molecule has 1 amide bonds. The molecular formula is C37H53N7O2. The maximum absolute atomic E-state index is 12.7. The predicted octanol–water partition coefficient (Wildman–Crippen LogP) is 5.88. The van der Waals surface area contributed by atoms with Crippen LogP contribution in [0.5, 0.6) is 0 Å². The first-order valence-electron chi connectivity index (χ1n) is 16.8. The number of carbonyl (C=O) groups excluding carboxylic acids is 1. The van der Waals surface area contributed by atoms with E-state index in [1.807, 2.05) is 26.1 Å². The Bertz CT molecular complexity index is 1470. The van der Waals surface area contributed by atoms with Crippen LogP contribution in [0.15, 0.2) is 58.2 Å². The second-order valence-electron chi connectivity index (χ2n) is 13.2. The number of hydrogen-bond donors (Lipinski definition) is 3. The minimum atomic E-state index is -0.612. The van der Waals surface area contributed by atoms with Gasteiger partial charge in [0, 0.05) is 44.4 Å². The van der Waals surface area contributed by atoms with Gasteiger partial charge in [0.05, 0.1) is 11.5 Å². The fourth-order valence-electron chi connectivity index (χ4n) is 7.15. The molecule has 1 fully saturated rings. The van der Waals surface area contributed by atoms with Crippen LogP contribution in [0.25, 0.3) is 0 Å². The number of nitrogens with zero attached hydrogens (tertiary/aromatic N) is 4. The number of aromatic nitrogens is 2. The number of benzene rings is 1. The van der Waals surface area contributed by atoms with Crippen LogP contribution in [-0.4, -0.2) is 66.8 Å². The molecule has 0 spiro atoms. The van der Waals surface area contributed by atoms with Crippen LogP contribution in [0.1, 0.15) is 105 Å².